The summed E-state index contributed by atoms with van der Waals surface area (Å²) in [7, 11) is 0. The number of nitrogens with zero attached hydrogens (tertiary/aromatic N) is 4. The van der Waals surface area contributed by atoms with Gasteiger partial charge in [0.25, 0.3) is 5.69 Å². The summed E-state index contributed by atoms with van der Waals surface area (Å²) in [6.07, 6.45) is 4.32. The Hall–Kier alpha value is -3.23. The number of aromatic nitrogens is 2. The largest absolute Gasteiger partial charge is 0.478 e. The van der Waals surface area contributed by atoms with E-state index in [-0.39, 0.29) is 29.6 Å². The zero-order valence-electron chi connectivity index (χ0n) is 13.9. The normalized spacial score (nSPS) is 15.0. The van der Waals surface area contributed by atoms with Gasteiger partial charge in [-0.3, -0.25) is 19.6 Å². The summed E-state index contributed by atoms with van der Waals surface area (Å²) < 4.78 is 1.64. The SMILES string of the molecule is O=C(O)c1cnn(C2CCN(C(=O)Cc3cccc([N+](=O)[O-])c3)CC2)c1. The number of piperidine rings is 1. The van der Waals surface area contributed by atoms with E-state index in [1.165, 1.54) is 24.5 Å². The lowest BCUT2D eigenvalue weighted by atomic mass is 10.0. The molecule has 3 rings (SSSR count). The van der Waals surface area contributed by atoms with E-state index in [4.69, 9.17) is 5.11 Å². The van der Waals surface area contributed by atoms with Gasteiger partial charge in [0, 0.05) is 31.4 Å². The molecule has 9 heteroatoms. The number of nitro groups is 1. The van der Waals surface area contributed by atoms with E-state index in [1.54, 1.807) is 21.7 Å². The summed E-state index contributed by atoms with van der Waals surface area (Å²) in [5.74, 6) is -1.09. The van der Waals surface area contributed by atoms with Crippen molar-refractivity contribution in [3.05, 3.63) is 57.9 Å². The van der Waals surface area contributed by atoms with Gasteiger partial charge in [-0.25, -0.2) is 4.79 Å². The van der Waals surface area contributed by atoms with Gasteiger partial charge in [0.1, 0.15) is 0 Å². The lowest BCUT2D eigenvalue weighted by Crippen LogP contribution is -2.40. The number of carbonyl (C=O) groups excluding carboxylic acids is 1. The summed E-state index contributed by atoms with van der Waals surface area (Å²) in [6, 6.07) is 6.15. The number of carboxylic acids is 1. The predicted molar refractivity (Wildman–Crippen MR) is 90.8 cm³/mol. The predicted octanol–water partition coefficient (Wildman–Crippen LogP) is 1.90. The van der Waals surface area contributed by atoms with E-state index in [0.29, 0.717) is 31.5 Å². The van der Waals surface area contributed by atoms with Crippen molar-refractivity contribution < 1.29 is 19.6 Å². The van der Waals surface area contributed by atoms with E-state index < -0.39 is 10.9 Å². The highest BCUT2D eigenvalue weighted by Crippen LogP contribution is 2.23. The van der Waals surface area contributed by atoms with Gasteiger partial charge >= 0.3 is 5.97 Å². The second-order valence-electron chi connectivity index (χ2n) is 6.23. The lowest BCUT2D eigenvalue weighted by Gasteiger charge is -2.32. The van der Waals surface area contributed by atoms with Gasteiger partial charge in [0.2, 0.25) is 5.91 Å². The molecule has 26 heavy (non-hydrogen) atoms. The summed E-state index contributed by atoms with van der Waals surface area (Å²) in [5, 5.41) is 23.9. The number of nitro benzene ring substituents is 1. The van der Waals surface area contributed by atoms with Gasteiger partial charge in [-0.1, -0.05) is 12.1 Å². The highest BCUT2D eigenvalue weighted by atomic mass is 16.6. The maximum Gasteiger partial charge on any atom is 0.338 e. The van der Waals surface area contributed by atoms with Crippen LogP contribution in [0.25, 0.3) is 0 Å². The van der Waals surface area contributed by atoms with Crippen LogP contribution in [0.3, 0.4) is 0 Å². The Morgan fingerprint density at radius 3 is 2.65 bits per heavy atom. The fraction of sp³-hybridized carbons (Fsp3) is 0.353. The number of hydrogen-bond donors (Lipinski definition) is 1. The van der Waals surface area contributed by atoms with Crippen LogP contribution in [0.1, 0.15) is 34.8 Å². The number of hydrogen-bond acceptors (Lipinski definition) is 5. The first-order valence-corrected chi connectivity index (χ1v) is 8.22. The zero-order chi connectivity index (χ0) is 18.7. The number of carboxylic acid groups (broad SMARTS) is 1. The maximum absolute atomic E-state index is 12.4. The molecule has 1 fully saturated rings. The molecule has 2 heterocycles. The highest BCUT2D eigenvalue weighted by Gasteiger charge is 2.25. The van der Waals surface area contributed by atoms with Crippen molar-refractivity contribution in [2.75, 3.05) is 13.1 Å². The minimum absolute atomic E-state index is 0.0260. The molecule has 1 saturated heterocycles. The number of rotatable bonds is 5. The molecule has 9 nitrogen and oxygen atoms in total. The third-order valence-electron chi connectivity index (χ3n) is 4.52. The Kier molecular flexibility index (Phi) is 4.97. The van der Waals surface area contributed by atoms with E-state index in [0.717, 1.165) is 0 Å². The van der Waals surface area contributed by atoms with Crippen LogP contribution in [0.15, 0.2) is 36.7 Å². The van der Waals surface area contributed by atoms with Crippen molar-refractivity contribution in [3.8, 4) is 0 Å². The van der Waals surface area contributed by atoms with Crippen LogP contribution in [0.5, 0.6) is 0 Å². The molecule has 1 amide bonds. The molecule has 0 atom stereocenters. The third kappa shape index (κ3) is 3.88. The van der Waals surface area contributed by atoms with Crippen LogP contribution >= 0.6 is 0 Å². The number of carbonyl (C=O) groups is 2. The molecule has 0 bridgehead atoms. The van der Waals surface area contributed by atoms with Crippen molar-refractivity contribution in [3.63, 3.8) is 0 Å². The summed E-state index contributed by atoms with van der Waals surface area (Å²) >= 11 is 0. The minimum Gasteiger partial charge on any atom is -0.478 e. The van der Waals surface area contributed by atoms with Crippen molar-refractivity contribution in [1.82, 2.24) is 14.7 Å². The fourth-order valence-electron chi connectivity index (χ4n) is 3.09. The molecule has 136 valence electrons. The molecule has 0 spiro atoms. The average Bonchev–Trinajstić information content (AvgIpc) is 3.12. The zero-order valence-corrected chi connectivity index (χ0v) is 13.9. The monoisotopic (exact) mass is 358 g/mol. The Morgan fingerprint density at radius 1 is 1.31 bits per heavy atom. The molecule has 1 aromatic heterocycles. The maximum atomic E-state index is 12.4. The number of likely N-dealkylation sites (tertiary alicyclic amines) is 1. The fourth-order valence-corrected chi connectivity index (χ4v) is 3.09. The summed E-state index contributed by atoms with van der Waals surface area (Å²) in [5.41, 5.74) is 0.737. The van der Waals surface area contributed by atoms with Crippen molar-refractivity contribution in [2.45, 2.75) is 25.3 Å². The minimum atomic E-state index is -1.01. The first-order chi connectivity index (χ1) is 12.4. The van der Waals surface area contributed by atoms with E-state index in [2.05, 4.69) is 5.10 Å². The Bertz CT molecular complexity index is 839. The van der Waals surface area contributed by atoms with Gasteiger partial charge in [-0.05, 0) is 18.4 Å². The van der Waals surface area contributed by atoms with Crippen LogP contribution in [-0.4, -0.2) is 49.7 Å². The lowest BCUT2D eigenvalue weighted by molar-refractivity contribution is -0.384. The third-order valence-corrected chi connectivity index (χ3v) is 4.52. The van der Waals surface area contributed by atoms with Crippen molar-refractivity contribution in [2.24, 2.45) is 0 Å². The smallest absolute Gasteiger partial charge is 0.338 e. The summed E-state index contributed by atoms with van der Waals surface area (Å²) in [4.78, 5) is 35.4. The number of benzene rings is 1. The Labute approximate surface area is 149 Å². The van der Waals surface area contributed by atoms with E-state index >= 15 is 0 Å². The Balaban J connectivity index is 1.57. The topological polar surface area (TPSA) is 119 Å². The van der Waals surface area contributed by atoms with Gasteiger partial charge in [0.05, 0.1) is 29.1 Å². The molecule has 1 aliphatic heterocycles. The van der Waals surface area contributed by atoms with Crippen LogP contribution in [0, 0.1) is 10.1 Å². The molecule has 1 aliphatic rings. The van der Waals surface area contributed by atoms with Gasteiger partial charge < -0.3 is 10.0 Å². The highest BCUT2D eigenvalue weighted by molar-refractivity contribution is 5.86. The second-order valence-corrected chi connectivity index (χ2v) is 6.23. The van der Waals surface area contributed by atoms with Crippen LogP contribution < -0.4 is 0 Å². The number of amides is 1. The van der Waals surface area contributed by atoms with E-state index in [1.807, 2.05) is 0 Å². The average molecular weight is 358 g/mol. The molecule has 0 aliphatic carbocycles. The molecular weight excluding hydrogens is 340 g/mol. The van der Waals surface area contributed by atoms with Gasteiger partial charge in [0.15, 0.2) is 0 Å². The van der Waals surface area contributed by atoms with Gasteiger partial charge in [-0.15, -0.1) is 0 Å². The van der Waals surface area contributed by atoms with Crippen LogP contribution in [0.2, 0.25) is 0 Å². The Morgan fingerprint density at radius 2 is 2.04 bits per heavy atom. The molecular formula is C17H18N4O5. The standard InChI is InChI=1S/C17H18N4O5/c22-16(9-12-2-1-3-15(8-12)21(25)26)19-6-4-14(5-7-19)20-11-13(10-18-20)17(23)24/h1-3,8,10-11,14H,4-7,9H2,(H,23,24). The number of aromatic carboxylic acids is 1. The molecule has 1 N–H and O–H groups in total. The second kappa shape index (κ2) is 7.34. The molecule has 0 unspecified atom stereocenters. The molecule has 2 aromatic rings. The van der Waals surface area contributed by atoms with Crippen molar-refractivity contribution >= 4 is 17.6 Å². The first-order valence-electron chi connectivity index (χ1n) is 8.22. The summed E-state index contributed by atoms with van der Waals surface area (Å²) in [6.45, 7) is 1.08. The van der Waals surface area contributed by atoms with Gasteiger partial charge in [-0.2, -0.15) is 5.10 Å². The number of non-ortho nitro benzene ring substituents is 1. The molecule has 0 radical (unpaired) electrons. The quantitative estimate of drug-likeness (QED) is 0.644. The molecule has 0 saturated carbocycles. The van der Waals surface area contributed by atoms with Crippen molar-refractivity contribution in [1.29, 1.82) is 0 Å². The van der Waals surface area contributed by atoms with Crippen LogP contribution in [0.4, 0.5) is 5.69 Å². The first kappa shape index (κ1) is 17.6. The molecule has 1 aromatic carbocycles. The van der Waals surface area contributed by atoms with E-state index in [9.17, 15) is 19.7 Å². The van der Waals surface area contributed by atoms with Crippen LogP contribution in [-0.2, 0) is 11.2 Å².